The molecule has 0 aliphatic carbocycles. The summed E-state index contributed by atoms with van der Waals surface area (Å²) in [6, 6.07) is 6.62. The van der Waals surface area contributed by atoms with E-state index in [0.717, 1.165) is 24.8 Å². The molecule has 1 unspecified atom stereocenters. The number of alkyl halides is 1. The summed E-state index contributed by atoms with van der Waals surface area (Å²) in [6.07, 6.45) is 2.86. The van der Waals surface area contributed by atoms with Crippen LogP contribution >= 0.6 is 11.6 Å². The van der Waals surface area contributed by atoms with Gasteiger partial charge >= 0.3 is 0 Å². The van der Waals surface area contributed by atoms with Crippen molar-refractivity contribution in [1.82, 2.24) is 0 Å². The first-order valence-electron chi connectivity index (χ1n) is 5.86. The number of nitro benzene ring substituents is 1. The Balaban J connectivity index is 2.48. The van der Waals surface area contributed by atoms with Crippen LogP contribution in [0.3, 0.4) is 0 Å². The number of benzene rings is 1. The van der Waals surface area contributed by atoms with E-state index in [1.54, 1.807) is 12.1 Å². The van der Waals surface area contributed by atoms with Crippen molar-refractivity contribution < 1.29 is 4.92 Å². The average molecular weight is 256 g/mol. The summed E-state index contributed by atoms with van der Waals surface area (Å²) >= 11 is 6.23. The van der Waals surface area contributed by atoms with Crippen LogP contribution in [0.25, 0.3) is 0 Å². The minimum Gasteiger partial charge on any atom is -0.258 e. The van der Waals surface area contributed by atoms with Crippen LogP contribution < -0.4 is 0 Å². The van der Waals surface area contributed by atoms with Gasteiger partial charge in [0.2, 0.25) is 0 Å². The van der Waals surface area contributed by atoms with Crippen LogP contribution in [-0.4, -0.2) is 10.3 Å². The molecule has 0 bridgehead atoms. The van der Waals surface area contributed by atoms with E-state index in [2.05, 4.69) is 13.8 Å². The number of nitrogens with zero attached hydrogens (tertiary/aromatic N) is 1. The van der Waals surface area contributed by atoms with Crippen molar-refractivity contribution >= 4 is 17.3 Å². The molecule has 0 fully saturated rings. The van der Waals surface area contributed by atoms with Gasteiger partial charge in [0.1, 0.15) is 0 Å². The molecule has 1 aromatic rings. The van der Waals surface area contributed by atoms with E-state index < -0.39 is 0 Å². The molecule has 4 heteroatoms. The molecule has 0 radical (unpaired) electrons. The molecule has 0 aliphatic heterocycles. The lowest BCUT2D eigenvalue weighted by Crippen LogP contribution is -2.05. The zero-order valence-electron chi connectivity index (χ0n) is 10.2. The molecule has 0 spiro atoms. The molecule has 3 nitrogen and oxygen atoms in total. The molecule has 0 saturated carbocycles. The molecule has 1 aromatic carbocycles. The maximum absolute atomic E-state index is 10.5. The van der Waals surface area contributed by atoms with E-state index in [0.29, 0.717) is 5.92 Å². The molecular weight excluding hydrogens is 238 g/mol. The molecule has 1 atom stereocenters. The summed E-state index contributed by atoms with van der Waals surface area (Å²) in [6.45, 7) is 4.35. The summed E-state index contributed by atoms with van der Waals surface area (Å²) in [7, 11) is 0. The van der Waals surface area contributed by atoms with Gasteiger partial charge in [-0.05, 0) is 30.7 Å². The Labute approximate surface area is 107 Å². The van der Waals surface area contributed by atoms with Crippen molar-refractivity contribution in [2.24, 2.45) is 5.92 Å². The van der Waals surface area contributed by atoms with E-state index in [9.17, 15) is 10.1 Å². The molecule has 0 heterocycles. The molecule has 17 heavy (non-hydrogen) atoms. The fourth-order valence-electron chi connectivity index (χ4n) is 1.63. The van der Waals surface area contributed by atoms with Crippen LogP contribution in [0.5, 0.6) is 0 Å². The predicted molar refractivity (Wildman–Crippen MR) is 70.5 cm³/mol. The predicted octanol–water partition coefficient (Wildman–Crippen LogP) is 4.18. The molecule has 0 aromatic heterocycles. The Hall–Kier alpha value is -1.09. The van der Waals surface area contributed by atoms with Gasteiger partial charge in [0.25, 0.3) is 5.69 Å². The highest BCUT2D eigenvalue weighted by molar-refractivity contribution is 6.20. The summed E-state index contributed by atoms with van der Waals surface area (Å²) in [5.41, 5.74) is 1.18. The third-order valence-corrected chi connectivity index (χ3v) is 3.03. The highest BCUT2D eigenvalue weighted by atomic mass is 35.5. The summed E-state index contributed by atoms with van der Waals surface area (Å²) in [5, 5.41) is 10.6. The second-order valence-corrected chi connectivity index (χ2v) is 5.31. The van der Waals surface area contributed by atoms with Crippen LogP contribution in [0.1, 0.15) is 32.3 Å². The molecule has 94 valence electrons. The summed E-state index contributed by atoms with van der Waals surface area (Å²) in [4.78, 5) is 10.1. The fourth-order valence-corrected chi connectivity index (χ4v) is 1.93. The van der Waals surface area contributed by atoms with Crippen molar-refractivity contribution in [3.05, 3.63) is 39.9 Å². The minimum absolute atomic E-state index is 0.110. The first kappa shape index (κ1) is 14.0. The van der Waals surface area contributed by atoms with E-state index in [1.165, 1.54) is 12.1 Å². The fraction of sp³-hybridized carbons (Fsp3) is 0.538. The first-order chi connectivity index (χ1) is 7.99. The Morgan fingerprint density at radius 2 is 1.82 bits per heavy atom. The average Bonchev–Trinajstić information content (AvgIpc) is 2.27. The molecule has 0 N–H and O–H groups in total. The number of nitro groups is 1. The quantitative estimate of drug-likeness (QED) is 0.435. The van der Waals surface area contributed by atoms with Gasteiger partial charge < -0.3 is 0 Å². The van der Waals surface area contributed by atoms with Crippen LogP contribution in [0.15, 0.2) is 24.3 Å². The van der Waals surface area contributed by atoms with Gasteiger partial charge in [-0.25, -0.2) is 0 Å². The van der Waals surface area contributed by atoms with Crippen LogP contribution in [0.4, 0.5) is 5.69 Å². The van der Waals surface area contributed by atoms with Crippen LogP contribution in [0.2, 0.25) is 0 Å². The summed E-state index contributed by atoms with van der Waals surface area (Å²) < 4.78 is 0. The highest BCUT2D eigenvalue weighted by Gasteiger charge is 2.09. The Morgan fingerprint density at radius 3 is 2.29 bits per heavy atom. The van der Waals surface area contributed by atoms with Crippen LogP contribution in [0, 0.1) is 16.0 Å². The van der Waals surface area contributed by atoms with Crippen molar-refractivity contribution in [2.75, 3.05) is 0 Å². The second-order valence-electron chi connectivity index (χ2n) is 4.70. The molecule has 0 amide bonds. The van der Waals surface area contributed by atoms with Gasteiger partial charge in [-0.15, -0.1) is 11.6 Å². The lowest BCUT2D eigenvalue weighted by Gasteiger charge is -2.10. The maximum atomic E-state index is 10.5. The highest BCUT2D eigenvalue weighted by Crippen LogP contribution is 2.18. The monoisotopic (exact) mass is 255 g/mol. The SMILES string of the molecule is CC(C)CCC(Cl)Cc1ccc([N+](=O)[O-])cc1. The largest absolute Gasteiger partial charge is 0.269 e. The number of halogens is 1. The van der Waals surface area contributed by atoms with Crippen molar-refractivity contribution in [2.45, 2.75) is 38.5 Å². The second kappa shape index (κ2) is 6.60. The Morgan fingerprint density at radius 1 is 1.24 bits per heavy atom. The normalized spacial score (nSPS) is 12.7. The van der Waals surface area contributed by atoms with Gasteiger partial charge in [-0.1, -0.05) is 26.0 Å². The standard InChI is InChI=1S/C13H18ClNO2/c1-10(2)3-6-12(14)9-11-4-7-13(8-5-11)15(16)17/h4-5,7-8,10,12H,3,6,9H2,1-2H3. The lowest BCUT2D eigenvalue weighted by atomic mass is 10.0. The topological polar surface area (TPSA) is 43.1 Å². The zero-order chi connectivity index (χ0) is 12.8. The summed E-state index contributed by atoms with van der Waals surface area (Å²) in [5.74, 6) is 0.660. The Bertz CT molecular complexity index is 362. The Kier molecular flexibility index (Phi) is 5.42. The molecule has 0 aliphatic rings. The van der Waals surface area contributed by atoms with Gasteiger partial charge in [0.15, 0.2) is 0 Å². The first-order valence-corrected chi connectivity index (χ1v) is 6.30. The van der Waals surface area contributed by atoms with Crippen molar-refractivity contribution in [3.63, 3.8) is 0 Å². The van der Waals surface area contributed by atoms with E-state index in [4.69, 9.17) is 11.6 Å². The molecule has 0 saturated heterocycles. The van der Waals surface area contributed by atoms with Gasteiger partial charge in [0, 0.05) is 17.5 Å². The molecule has 1 rings (SSSR count). The van der Waals surface area contributed by atoms with Gasteiger partial charge in [-0.3, -0.25) is 10.1 Å². The third-order valence-electron chi connectivity index (χ3n) is 2.66. The van der Waals surface area contributed by atoms with Gasteiger partial charge in [-0.2, -0.15) is 0 Å². The number of rotatable bonds is 6. The zero-order valence-corrected chi connectivity index (χ0v) is 11.0. The van der Waals surface area contributed by atoms with E-state index in [1.807, 2.05) is 0 Å². The van der Waals surface area contributed by atoms with E-state index in [-0.39, 0.29) is 16.0 Å². The maximum Gasteiger partial charge on any atom is 0.269 e. The lowest BCUT2D eigenvalue weighted by molar-refractivity contribution is -0.384. The minimum atomic E-state index is -0.388. The molecular formula is C13H18ClNO2. The van der Waals surface area contributed by atoms with E-state index >= 15 is 0 Å². The van der Waals surface area contributed by atoms with Crippen molar-refractivity contribution in [1.29, 1.82) is 0 Å². The number of hydrogen-bond acceptors (Lipinski definition) is 2. The third kappa shape index (κ3) is 5.18. The van der Waals surface area contributed by atoms with Crippen LogP contribution in [-0.2, 0) is 6.42 Å². The number of non-ortho nitro benzene ring substituents is 1. The van der Waals surface area contributed by atoms with Crippen molar-refractivity contribution in [3.8, 4) is 0 Å². The van der Waals surface area contributed by atoms with Gasteiger partial charge in [0.05, 0.1) is 4.92 Å². The number of hydrogen-bond donors (Lipinski definition) is 0. The smallest absolute Gasteiger partial charge is 0.258 e.